The van der Waals surface area contributed by atoms with Crippen LogP contribution in [0.3, 0.4) is 0 Å². The Morgan fingerprint density at radius 1 is 1.19 bits per heavy atom. The highest BCUT2D eigenvalue weighted by atomic mass is 35.5. The van der Waals surface area contributed by atoms with E-state index in [-0.39, 0.29) is 33.7 Å². The third kappa shape index (κ3) is 4.26. The maximum atomic E-state index is 12.3. The van der Waals surface area contributed by atoms with Crippen LogP contribution in [0.15, 0.2) is 12.1 Å². The Bertz CT molecular complexity index is 1000. The number of amides is 2. The van der Waals surface area contributed by atoms with Gasteiger partial charge in [0.05, 0.1) is 21.6 Å². The van der Waals surface area contributed by atoms with E-state index in [4.69, 9.17) is 34.8 Å². The second-order valence-corrected chi connectivity index (χ2v) is 10.5. The Morgan fingerprint density at radius 2 is 1.92 bits per heavy atom. The average Bonchev–Trinajstić information content (AvgIpc) is 3.04. The molecule has 140 valence electrons. The molecule has 2 heterocycles. The molecule has 1 aliphatic heterocycles. The lowest BCUT2D eigenvalue weighted by Gasteiger charge is -2.09. The van der Waals surface area contributed by atoms with Crippen molar-refractivity contribution in [3.8, 4) is 0 Å². The zero-order valence-electron chi connectivity index (χ0n) is 13.1. The van der Waals surface area contributed by atoms with E-state index in [0.717, 1.165) is 11.3 Å². The highest BCUT2D eigenvalue weighted by Gasteiger charge is 2.29. The summed E-state index contributed by atoms with van der Waals surface area (Å²) in [6.45, 7) is 0. The molecule has 1 saturated heterocycles. The Kier molecular flexibility index (Phi) is 5.69. The lowest BCUT2D eigenvalue weighted by Crippen LogP contribution is -2.42. The van der Waals surface area contributed by atoms with E-state index < -0.39 is 21.7 Å². The quantitative estimate of drug-likeness (QED) is 0.693. The lowest BCUT2D eigenvalue weighted by atomic mass is 10.1. The Morgan fingerprint density at radius 3 is 2.58 bits per heavy atom. The summed E-state index contributed by atoms with van der Waals surface area (Å²) < 4.78 is 23.5. The monoisotopic (exact) mass is 454 g/mol. The van der Waals surface area contributed by atoms with Crippen molar-refractivity contribution in [3.63, 3.8) is 0 Å². The van der Waals surface area contributed by atoms with E-state index in [1.807, 2.05) is 0 Å². The minimum Gasteiger partial charge on any atom is -0.273 e. The molecule has 1 unspecified atom stereocenters. The molecule has 11 heteroatoms. The molecule has 0 saturated carbocycles. The fraction of sp³-hybridized carbons (Fsp3) is 0.333. The predicted molar refractivity (Wildman–Crippen MR) is 104 cm³/mol. The maximum absolute atomic E-state index is 12.3. The average molecular weight is 456 g/mol. The second kappa shape index (κ2) is 7.52. The minimum atomic E-state index is -3.05. The van der Waals surface area contributed by atoms with Crippen molar-refractivity contribution in [2.45, 2.75) is 12.8 Å². The number of carbonyl (C=O) groups excluding carboxylic acids is 2. The molecule has 2 amide bonds. The minimum absolute atomic E-state index is 0.00420. The van der Waals surface area contributed by atoms with Crippen molar-refractivity contribution in [3.05, 3.63) is 32.1 Å². The summed E-state index contributed by atoms with van der Waals surface area (Å²) in [7, 11) is -3.05. The molecule has 1 fully saturated rings. The van der Waals surface area contributed by atoms with Crippen LogP contribution in [0.1, 0.15) is 22.5 Å². The summed E-state index contributed by atoms with van der Waals surface area (Å²) in [5.41, 5.74) is 4.58. The van der Waals surface area contributed by atoms with Gasteiger partial charge in [-0.25, -0.2) is 8.42 Å². The zero-order valence-corrected chi connectivity index (χ0v) is 17.0. The summed E-state index contributed by atoms with van der Waals surface area (Å²) in [4.78, 5) is 24.4. The first-order valence-corrected chi connectivity index (χ1v) is 11.3. The Balaban J connectivity index is 1.65. The zero-order chi connectivity index (χ0) is 19.1. The van der Waals surface area contributed by atoms with E-state index in [2.05, 4.69) is 10.9 Å². The number of sulfone groups is 1. The number of hydrogen-bond acceptors (Lipinski definition) is 5. The van der Waals surface area contributed by atoms with E-state index >= 15 is 0 Å². The fourth-order valence-electron chi connectivity index (χ4n) is 2.79. The molecule has 3 rings (SSSR count). The van der Waals surface area contributed by atoms with E-state index in [1.165, 1.54) is 6.07 Å². The predicted octanol–water partition coefficient (Wildman–Crippen LogP) is 3.45. The molecule has 26 heavy (non-hydrogen) atoms. The summed E-state index contributed by atoms with van der Waals surface area (Å²) in [6.07, 6.45) is 0.478. The van der Waals surface area contributed by atoms with Gasteiger partial charge in [0, 0.05) is 21.5 Å². The number of carbonyl (C=O) groups is 2. The van der Waals surface area contributed by atoms with Crippen molar-refractivity contribution >= 4 is 77.9 Å². The van der Waals surface area contributed by atoms with Crippen molar-refractivity contribution < 1.29 is 18.0 Å². The number of nitrogens with one attached hydrogen (secondary N) is 2. The van der Waals surface area contributed by atoms with Gasteiger partial charge in [-0.3, -0.25) is 20.4 Å². The molecule has 1 aromatic heterocycles. The summed E-state index contributed by atoms with van der Waals surface area (Å²) in [6, 6.07) is 3.18. The molecule has 2 aromatic rings. The fourth-order valence-corrected chi connectivity index (χ4v) is 6.92. The number of halogens is 3. The molecule has 1 aliphatic rings. The number of rotatable bonds is 3. The number of hydrogen-bond donors (Lipinski definition) is 2. The van der Waals surface area contributed by atoms with Gasteiger partial charge in [0.1, 0.15) is 4.88 Å². The van der Waals surface area contributed by atoms with E-state index in [0.29, 0.717) is 26.6 Å². The third-order valence-electron chi connectivity index (χ3n) is 3.97. The topological polar surface area (TPSA) is 92.3 Å². The first kappa shape index (κ1) is 19.7. The Labute approximate surface area is 168 Å². The molecule has 0 radical (unpaired) electrons. The normalized spacial score (nSPS) is 18.8. The number of benzene rings is 1. The molecular formula is C15H13Cl3N2O4S2. The second-order valence-electron chi connectivity index (χ2n) is 5.98. The highest BCUT2D eigenvalue weighted by Crippen LogP contribution is 2.41. The number of thiophene rings is 1. The SMILES string of the molecule is O=C(CC1CCS(=O)(=O)C1)NNC(=O)c1sc2cc(Cl)cc(Cl)c2c1Cl. The van der Waals surface area contributed by atoms with Crippen LogP contribution in [0.5, 0.6) is 0 Å². The largest absolute Gasteiger partial charge is 0.281 e. The van der Waals surface area contributed by atoms with Gasteiger partial charge >= 0.3 is 0 Å². The van der Waals surface area contributed by atoms with Crippen LogP contribution >= 0.6 is 46.1 Å². The van der Waals surface area contributed by atoms with Crippen molar-refractivity contribution in [1.82, 2.24) is 10.9 Å². The first-order valence-electron chi connectivity index (χ1n) is 7.53. The summed E-state index contributed by atoms with van der Waals surface area (Å²) in [5.74, 6) is -1.19. The van der Waals surface area contributed by atoms with Crippen LogP contribution in [0.25, 0.3) is 10.1 Å². The van der Waals surface area contributed by atoms with Crippen LogP contribution in [0.2, 0.25) is 15.1 Å². The summed E-state index contributed by atoms with van der Waals surface area (Å²) in [5, 5.41) is 1.46. The molecule has 6 nitrogen and oxygen atoms in total. The molecule has 2 N–H and O–H groups in total. The third-order valence-corrected chi connectivity index (χ3v) is 7.95. The molecule has 1 aromatic carbocycles. The van der Waals surface area contributed by atoms with Crippen molar-refractivity contribution in [1.29, 1.82) is 0 Å². The standard InChI is InChI=1S/C15H13Cl3N2O4S2/c16-8-4-9(17)12-10(5-8)25-14(13(12)18)15(22)20-19-11(21)3-7-1-2-26(23,24)6-7/h4-5,7H,1-3,6H2,(H,19,21)(H,20,22). The van der Waals surface area contributed by atoms with Crippen LogP contribution in [0.4, 0.5) is 0 Å². The van der Waals surface area contributed by atoms with E-state index in [9.17, 15) is 18.0 Å². The maximum Gasteiger partial charge on any atom is 0.281 e. The van der Waals surface area contributed by atoms with Gasteiger partial charge in [-0.15, -0.1) is 11.3 Å². The molecule has 0 aliphatic carbocycles. The van der Waals surface area contributed by atoms with Crippen LogP contribution in [0, 0.1) is 5.92 Å². The van der Waals surface area contributed by atoms with Crippen molar-refractivity contribution in [2.75, 3.05) is 11.5 Å². The van der Waals surface area contributed by atoms with Crippen LogP contribution < -0.4 is 10.9 Å². The Hall–Kier alpha value is -1.06. The van der Waals surface area contributed by atoms with Gasteiger partial charge in [0.2, 0.25) is 5.91 Å². The highest BCUT2D eigenvalue weighted by molar-refractivity contribution is 7.91. The van der Waals surface area contributed by atoms with Gasteiger partial charge in [-0.2, -0.15) is 0 Å². The van der Waals surface area contributed by atoms with E-state index in [1.54, 1.807) is 6.07 Å². The smallest absolute Gasteiger partial charge is 0.273 e. The van der Waals surface area contributed by atoms with Gasteiger partial charge in [0.15, 0.2) is 9.84 Å². The van der Waals surface area contributed by atoms with Crippen LogP contribution in [-0.4, -0.2) is 31.7 Å². The number of hydrazine groups is 1. The van der Waals surface area contributed by atoms with Gasteiger partial charge in [-0.05, 0) is 24.5 Å². The van der Waals surface area contributed by atoms with Gasteiger partial charge in [0.25, 0.3) is 5.91 Å². The number of fused-ring (bicyclic) bond motifs is 1. The van der Waals surface area contributed by atoms with Crippen LogP contribution in [-0.2, 0) is 14.6 Å². The summed E-state index contributed by atoms with van der Waals surface area (Å²) >= 11 is 19.4. The van der Waals surface area contributed by atoms with Gasteiger partial charge < -0.3 is 0 Å². The van der Waals surface area contributed by atoms with Crippen molar-refractivity contribution in [2.24, 2.45) is 5.92 Å². The molecule has 0 spiro atoms. The molecule has 0 bridgehead atoms. The lowest BCUT2D eigenvalue weighted by molar-refractivity contribution is -0.122. The first-order chi connectivity index (χ1) is 12.2. The van der Waals surface area contributed by atoms with Gasteiger partial charge in [-0.1, -0.05) is 34.8 Å². The molecular weight excluding hydrogens is 443 g/mol. The molecule has 1 atom stereocenters.